The van der Waals surface area contributed by atoms with E-state index in [0.29, 0.717) is 0 Å². The van der Waals surface area contributed by atoms with Crippen molar-refractivity contribution >= 4 is 43.6 Å². The molecule has 0 fully saturated rings. The summed E-state index contributed by atoms with van der Waals surface area (Å²) in [7, 11) is 0. The maximum atomic E-state index is 2.40. The maximum absolute atomic E-state index is 2.40. The molecule has 0 N–H and O–H groups in total. The molecule has 58 heavy (non-hydrogen) atoms. The van der Waals surface area contributed by atoms with Crippen LogP contribution in [0.3, 0.4) is 0 Å². The number of benzene rings is 9. The van der Waals surface area contributed by atoms with Crippen LogP contribution in [0.2, 0.25) is 0 Å². The molecule has 9 aromatic carbocycles. The van der Waals surface area contributed by atoms with E-state index in [9.17, 15) is 0 Å². The van der Waals surface area contributed by atoms with Gasteiger partial charge in [-0.15, -0.1) is 0 Å². The van der Waals surface area contributed by atoms with Crippen LogP contribution in [0.25, 0.3) is 99.5 Å². The van der Waals surface area contributed by atoms with Crippen molar-refractivity contribution in [2.45, 2.75) is 13.8 Å². The Hall–Kier alpha value is -7.42. The molecule has 0 saturated heterocycles. The Balaban J connectivity index is 0.911. The number of rotatable bonds is 6. The van der Waals surface area contributed by atoms with Crippen LogP contribution in [-0.4, -0.2) is 9.13 Å². The highest BCUT2D eigenvalue weighted by atomic mass is 15.0. The Bertz CT molecular complexity index is 3290. The zero-order valence-corrected chi connectivity index (χ0v) is 32.5. The van der Waals surface area contributed by atoms with Gasteiger partial charge in [-0.1, -0.05) is 157 Å². The van der Waals surface area contributed by atoms with Gasteiger partial charge < -0.3 is 9.13 Å². The van der Waals surface area contributed by atoms with Gasteiger partial charge in [0.15, 0.2) is 0 Å². The number of hydrogen-bond donors (Lipinski definition) is 0. The molecule has 0 aliphatic carbocycles. The first-order valence-corrected chi connectivity index (χ1v) is 20.1. The Labute approximate surface area is 338 Å². The summed E-state index contributed by atoms with van der Waals surface area (Å²) in [6.45, 7) is 4.32. The summed E-state index contributed by atoms with van der Waals surface area (Å²) in [5, 5.41) is 5.03. The zero-order chi connectivity index (χ0) is 38.7. The predicted octanol–water partition coefficient (Wildman–Crippen LogP) is 15.2. The first kappa shape index (κ1) is 33.9. The second kappa shape index (κ2) is 13.7. The van der Waals surface area contributed by atoms with E-state index in [2.05, 4.69) is 229 Å². The predicted molar refractivity (Wildman–Crippen MR) is 246 cm³/mol. The number of aromatic nitrogens is 2. The van der Waals surface area contributed by atoms with Gasteiger partial charge in [-0.2, -0.15) is 0 Å². The van der Waals surface area contributed by atoms with Gasteiger partial charge in [0.1, 0.15) is 0 Å². The number of para-hydroxylation sites is 3. The molecule has 0 amide bonds. The molecule has 0 saturated carbocycles. The van der Waals surface area contributed by atoms with Crippen molar-refractivity contribution in [3.63, 3.8) is 0 Å². The molecule has 2 heteroatoms. The number of fused-ring (bicyclic) bond motifs is 6. The van der Waals surface area contributed by atoms with Gasteiger partial charge in [-0.3, -0.25) is 0 Å². The minimum Gasteiger partial charge on any atom is -0.309 e. The van der Waals surface area contributed by atoms with E-state index in [0.717, 1.165) is 5.69 Å². The summed E-state index contributed by atoms with van der Waals surface area (Å²) >= 11 is 0. The average molecular weight is 741 g/mol. The van der Waals surface area contributed by atoms with Crippen molar-refractivity contribution in [3.05, 3.63) is 217 Å². The quantitative estimate of drug-likeness (QED) is 0.161. The van der Waals surface area contributed by atoms with Crippen LogP contribution in [0.4, 0.5) is 0 Å². The largest absolute Gasteiger partial charge is 0.309 e. The maximum Gasteiger partial charge on any atom is 0.0541 e. The van der Waals surface area contributed by atoms with Crippen molar-refractivity contribution in [2.75, 3.05) is 0 Å². The minimum absolute atomic E-state index is 1.15. The van der Waals surface area contributed by atoms with Crippen molar-refractivity contribution in [2.24, 2.45) is 0 Å². The summed E-state index contributed by atoms with van der Waals surface area (Å²) in [6.07, 6.45) is 0. The molecular weight excluding hydrogens is 701 g/mol. The standard InChI is InChI=1S/C56H40N2/c1-37-32-38(2)34-46(33-37)43-22-20-40(21-23-43)39-16-18-41(19-17-39)42-24-28-48(29-25-42)58-54-15-9-7-13-50(54)52-36-45(27-31-56(52)58)44-26-30-55-51(35-44)49-12-6-8-14-53(49)57(55)47-10-4-3-5-11-47/h3-36H,1-2H3. The Kier molecular flexibility index (Phi) is 7.97. The summed E-state index contributed by atoms with van der Waals surface area (Å²) in [5.41, 5.74) is 19.5. The molecule has 0 bridgehead atoms. The summed E-state index contributed by atoms with van der Waals surface area (Å²) in [5.74, 6) is 0. The lowest BCUT2D eigenvalue weighted by atomic mass is 9.97. The lowest BCUT2D eigenvalue weighted by Gasteiger charge is -2.11. The lowest BCUT2D eigenvalue weighted by Crippen LogP contribution is -1.94. The molecule has 11 aromatic rings. The third-order valence-corrected chi connectivity index (χ3v) is 11.8. The molecule has 0 unspecified atom stereocenters. The van der Waals surface area contributed by atoms with E-state index in [1.807, 2.05) is 0 Å². The van der Waals surface area contributed by atoms with Crippen molar-refractivity contribution in [1.29, 1.82) is 0 Å². The first-order chi connectivity index (χ1) is 28.6. The molecule has 0 radical (unpaired) electrons. The monoisotopic (exact) mass is 740 g/mol. The van der Waals surface area contributed by atoms with Crippen LogP contribution < -0.4 is 0 Å². The Morgan fingerprint density at radius 2 is 0.586 bits per heavy atom. The highest BCUT2D eigenvalue weighted by Gasteiger charge is 2.16. The van der Waals surface area contributed by atoms with Crippen LogP contribution in [0, 0.1) is 13.8 Å². The molecule has 2 nitrogen and oxygen atoms in total. The van der Waals surface area contributed by atoms with E-state index in [4.69, 9.17) is 0 Å². The second-order valence-corrected chi connectivity index (χ2v) is 15.6. The summed E-state index contributed by atoms with van der Waals surface area (Å²) in [6, 6.07) is 75.7. The van der Waals surface area contributed by atoms with E-state index >= 15 is 0 Å². The highest BCUT2D eigenvalue weighted by molar-refractivity contribution is 6.12. The number of hydrogen-bond acceptors (Lipinski definition) is 0. The first-order valence-electron chi connectivity index (χ1n) is 20.1. The molecule has 2 aromatic heterocycles. The fraction of sp³-hybridized carbons (Fsp3) is 0.0357. The molecule has 11 rings (SSSR count). The number of aryl methyl sites for hydroxylation is 2. The summed E-state index contributed by atoms with van der Waals surface area (Å²) < 4.78 is 4.78. The van der Waals surface area contributed by atoms with Gasteiger partial charge in [-0.05, 0) is 119 Å². The normalized spacial score (nSPS) is 11.6. The molecule has 0 spiro atoms. The van der Waals surface area contributed by atoms with E-state index in [1.54, 1.807) is 0 Å². The summed E-state index contributed by atoms with van der Waals surface area (Å²) in [4.78, 5) is 0. The molecule has 274 valence electrons. The van der Waals surface area contributed by atoms with E-state index < -0.39 is 0 Å². The van der Waals surface area contributed by atoms with Crippen LogP contribution in [0.15, 0.2) is 206 Å². The minimum atomic E-state index is 1.15. The third kappa shape index (κ3) is 5.73. The Morgan fingerprint density at radius 3 is 1.05 bits per heavy atom. The van der Waals surface area contributed by atoms with Gasteiger partial charge in [0, 0.05) is 32.9 Å². The molecule has 0 aliphatic heterocycles. The van der Waals surface area contributed by atoms with Crippen LogP contribution in [0.1, 0.15) is 11.1 Å². The third-order valence-electron chi connectivity index (χ3n) is 11.8. The highest BCUT2D eigenvalue weighted by Crippen LogP contribution is 2.39. The van der Waals surface area contributed by atoms with Gasteiger partial charge in [-0.25, -0.2) is 0 Å². The Morgan fingerprint density at radius 1 is 0.241 bits per heavy atom. The molecule has 0 aliphatic rings. The lowest BCUT2D eigenvalue weighted by molar-refractivity contribution is 1.18. The SMILES string of the molecule is Cc1cc(C)cc(-c2ccc(-c3ccc(-c4ccc(-n5c6ccccc6c6cc(-c7ccc8c(c7)c7ccccc7n8-c7ccccc7)ccc65)cc4)cc3)cc2)c1. The smallest absolute Gasteiger partial charge is 0.0541 e. The van der Waals surface area contributed by atoms with Crippen molar-refractivity contribution < 1.29 is 0 Å². The van der Waals surface area contributed by atoms with Crippen molar-refractivity contribution in [3.8, 4) is 55.9 Å². The fourth-order valence-electron chi connectivity index (χ4n) is 9.09. The van der Waals surface area contributed by atoms with Gasteiger partial charge in [0.2, 0.25) is 0 Å². The van der Waals surface area contributed by atoms with Crippen LogP contribution >= 0.6 is 0 Å². The topological polar surface area (TPSA) is 9.86 Å². The van der Waals surface area contributed by atoms with Gasteiger partial charge in [0.25, 0.3) is 0 Å². The fourth-order valence-corrected chi connectivity index (χ4v) is 9.09. The molecule has 2 heterocycles. The van der Waals surface area contributed by atoms with Crippen LogP contribution in [-0.2, 0) is 0 Å². The van der Waals surface area contributed by atoms with Crippen LogP contribution in [0.5, 0.6) is 0 Å². The zero-order valence-electron chi connectivity index (χ0n) is 32.5. The molecular formula is C56H40N2. The molecule has 0 atom stereocenters. The van der Waals surface area contributed by atoms with Crippen molar-refractivity contribution in [1.82, 2.24) is 9.13 Å². The van der Waals surface area contributed by atoms with E-state index in [1.165, 1.54) is 105 Å². The van der Waals surface area contributed by atoms with Gasteiger partial charge >= 0.3 is 0 Å². The number of nitrogens with zero attached hydrogens (tertiary/aromatic N) is 2. The second-order valence-electron chi connectivity index (χ2n) is 15.6. The average Bonchev–Trinajstić information content (AvgIpc) is 3.79. The van der Waals surface area contributed by atoms with Gasteiger partial charge in [0.05, 0.1) is 22.1 Å². The van der Waals surface area contributed by atoms with E-state index in [-0.39, 0.29) is 0 Å².